The molecule has 3 aromatic rings. The van der Waals surface area contributed by atoms with Crippen molar-refractivity contribution in [1.82, 2.24) is 15.1 Å². The van der Waals surface area contributed by atoms with E-state index in [4.69, 9.17) is 9.47 Å². The lowest BCUT2D eigenvalue weighted by Crippen LogP contribution is -2.49. The molecule has 0 aromatic heterocycles. The van der Waals surface area contributed by atoms with Gasteiger partial charge in [-0.1, -0.05) is 36.4 Å². The average molecular weight is 587 g/mol. The Labute approximate surface area is 249 Å². The standard InChI is InChI=1S/C32H34N4O7/c1-21(2)42-31(38)28-22(3)33-32(39)35(29(28)23-11-8-13-25(19-23)36(40)41)18-10-17-34(4)30(37)24-12-9-16-27(20-24)43-26-14-6-5-7-15-26/h5-9,11-16,19-21,29H,10,17-18H2,1-4H3,(H,33,39). The first kappa shape index (κ1) is 30.8. The zero-order valence-electron chi connectivity index (χ0n) is 24.5. The van der Waals surface area contributed by atoms with Crippen molar-refractivity contribution in [2.45, 2.75) is 39.3 Å². The van der Waals surface area contributed by atoms with E-state index < -0.39 is 29.1 Å². The summed E-state index contributed by atoms with van der Waals surface area (Å²) in [5.74, 6) is 0.324. The molecule has 0 saturated heterocycles. The molecule has 11 nitrogen and oxygen atoms in total. The highest BCUT2D eigenvalue weighted by atomic mass is 16.6. The predicted octanol–water partition coefficient (Wildman–Crippen LogP) is 5.84. The normalized spacial score (nSPS) is 14.8. The summed E-state index contributed by atoms with van der Waals surface area (Å²) < 4.78 is 11.3. The van der Waals surface area contributed by atoms with Gasteiger partial charge in [-0.25, -0.2) is 9.59 Å². The minimum atomic E-state index is -0.923. The van der Waals surface area contributed by atoms with Gasteiger partial charge in [0, 0.05) is 43.5 Å². The lowest BCUT2D eigenvalue weighted by atomic mass is 9.93. The van der Waals surface area contributed by atoms with Crippen molar-refractivity contribution >= 4 is 23.6 Å². The summed E-state index contributed by atoms with van der Waals surface area (Å²) in [5.41, 5.74) is 1.18. The summed E-state index contributed by atoms with van der Waals surface area (Å²) in [6.07, 6.45) is -0.0479. The van der Waals surface area contributed by atoms with Gasteiger partial charge >= 0.3 is 12.0 Å². The van der Waals surface area contributed by atoms with Gasteiger partial charge in [-0.15, -0.1) is 0 Å². The van der Waals surface area contributed by atoms with Gasteiger partial charge in [0.2, 0.25) is 0 Å². The fourth-order valence-electron chi connectivity index (χ4n) is 4.82. The first-order valence-corrected chi connectivity index (χ1v) is 13.9. The van der Waals surface area contributed by atoms with Gasteiger partial charge < -0.3 is 24.6 Å². The second-order valence-electron chi connectivity index (χ2n) is 10.4. The van der Waals surface area contributed by atoms with E-state index in [-0.39, 0.29) is 23.7 Å². The van der Waals surface area contributed by atoms with Gasteiger partial charge in [0.1, 0.15) is 11.5 Å². The fourth-order valence-corrected chi connectivity index (χ4v) is 4.82. The number of amides is 3. The van der Waals surface area contributed by atoms with Crippen molar-refractivity contribution in [3.63, 3.8) is 0 Å². The van der Waals surface area contributed by atoms with Crippen LogP contribution in [0.15, 0.2) is 90.1 Å². The molecule has 0 saturated carbocycles. The number of rotatable bonds is 11. The van der Waals surface area contributed by atoms with E-state index in [1.165, 1.54) is 23.1 Å². The molecule has 1 aliphatic heterocycles. The van der Waals surface area contributed by atoms with Crippen LogP contribution in [0.4, 0.5) is 10.5 Å². The minimum Gasteiger partial charge on any atom is -0.459 e. The van der Waals surface area contributed by atoms with E-state index in [9.17, 15) is 24.5 Å². The maximum atomic E-state index is 13.2. The van der Waals surface area contributed by atoms with Crippen molar-refractivity contribution < 1.29 is 28.8 Å². The first-order chi connectivity index (χ1) is 20.5. The first-order valence-electron chi connectivity index (χ1n) is 13.9. The molecule has 0 bridgehead atoms. The van der Waals surface area contributed by atoms with Gasteiger partial charge in [0.15, 0.2) is 0 Å². The van der Waals surface area contributed by atoms with Crippen molar-refractivity contribution in [3.8, 4) is 11.5 Å². The van der Waals surface area contributed by atoms with Crippen LogP contribution >= 0.6 is 0 Å². The average Bonchev–Trinajstić information content (AvgIpc) is 2.97. The molecule has 43 heavy (non-hydrogen) atoms. The number of hydrogen-bond donors (Lipinski definition) is 1. The van der Waals surface area contributed by atoms with E-state index in [0.29, 0.717) is 41.3 Å². The zero-order chi connectivity index (χ0) is 31.1. The molecule has 1 N–H and O–H groups in total. The largest absolute Gasteiger partial charge is 0.459 e. The summed E-state index contributed by atoms with van der Waals surface area (Å²) in [6.45, 7) is 5.47. The quantitative estimate of drug-likeness (QED) is 0.170. The number of nitrogens with one attached hydrogen (secondary N) is 1. The summed E-state index contributed by atoms with van der Waals surface area (Å²) in [6, 6.07) is 20.6. The van der Waals surface area contributed by atoms with Crippen molar-refractivity contribution in [3.05, 3.63) is 111 Å². The number of non-ortho nitro benzene ring substituents is 1. The number of urea groups is 1. The summed E-state index contributed by atoms with van der Waals surface area (Å²) >= 11 is 0. The molecule has 1 heterocycles. The maximum absolute atomic E-state index is 13.2. The van der Waals surface area contributed by atoms with Crippen LogP contribution in [0.3, 0.4) is 0 Å². The number of benzene rings is 3. The van der Waals surface area contributed by atoms with Gasteiger partial charge in [0.25, 0.3) is 11.6 Å². The number of carbonyl (C=O) groups is 3. The number of allylic oxidation sites excluding steroid dienone is 1. The topological polar surface area (TPSA) is 131 Å². The van der Waals surface area contributed by atoms with Crippen LogP contribution in [0.2, 0.25) is 0 Å². The molecule has 0 aliphatic carbocycles. The Balaban J connectivity index is 1.51. The SMILES string of the molecule is CC1=C(C(=O)OC(C)C)C(c2cccc([N+](=O)[O-])c2)N(CCCN(C)C(=O)c2cccc(Oc3ccccc3)c2)C(=O)N1. The molecule has 224 valence electrons. The van der Waals surface area contributed by atoms with Crippen molar-refractivity contribution in [2.24, 2.45) is 0 Å². The second-order valence-corrected chi connectivity index (χ2v) is 10.4. The molecule has 1 aliphatic rings. The lowest BCUT2D eigenvalue weighted by molar-refractivity contribution is -0.384. The van der Waals surface area contributed by atoms with Crippen molar-refractivity contribution in [2.75, 3.05) is 20.1 Å². The van der Waals surface area contributed by atoms with Crippen molar-refractivity contribution in [1.29, 1.82) is 0 Å². The van der Waals surface area contributed by atoms with E-state index in [2.05, 4.69) is 5.32 Å². The van der Waals surface area contributed by atoms with Crippen LogP contribution in [-0.4, -0.2) is 58.9 Å². The highest BCUT2D eigenvalue weighted by Gasteiger charge is 2.39. The minimum absolute atomic E-state index is 0.152. The summed E-state index contributed by atoms with van der Waals surface area (Å²) in [5, 5.41) is 14.2. The Morgan fingerprint density at radius 1 is 1.02 bits per heavy atom. The fraction of sp³-hybridized carbons (Fsp3) is 0.281. The van der Waals surface area contributed by atoms with E-state index in [1.807, 2.05) is 30.3 Å². The number of nitro benzene ring substituents is 1. The Morgan fingerprint density at radius 2 is 1.72 bits per heavy atom. The third kappa shape index (κ3) is 7.56. The van der Waals surface area contributed by atoms with Gasteiger partial charge in [0.05, 0.1) is 22.6 Å². The number of esters is 1. The monoisotopic (exact) mass is 586 g/mol. The van der Waals surface area contributed by atoms with Crippen LogP contribution in [0.25, 0.3) is 0 Å². The molecule has 1 atom stereocenters. The Kier molecular flexibility index (Phi) is 9.76. The smallest absolute Gasteiger partial charge is 0.338 e. The highest BCUT2D eigenvalue weighted by molar-refractivity contribution is 5.95. The molecule has 11 heteroatoms. The molecular weight excluding hydrogens is 552 g/mol. The molecule has 0 radical (unpaired) electrons. The zero-order valence-corrected chi connectivity index (χ0v) is 24.5. The number of ether oxygens (including phenoxy) is 2. The summed E-state index contributed by atoms with van der Waals surface area (Å²) in [7, 11) is 1.66. The van der Waals surface area contributed by atoms with Crippen LogP contribution in [-0.2, 0) is 9.53 Å². The third-order valence-electron chi connectivity index (χ3n) is 6.80. The van der Waals surface area contributed by atoms with Crippen LogP contribution < -0.4 is 10.1 Å². The second kappa shape index (κ2) is 13.6. The molecule has 3 amide bonds. The maximum Gasteiger partial charge on any atom is 0.338 e. The summed E-state index contributed by atoms with van der Waals surface area (Å²) in [4.78, 5) is 53.6. The molecular formula is C32H34N4O7. The predicted molar refractivity (Wildman–Crippen MR) is 160 cm³/mol. The van der Waals surface area contributed by atoms with Crippen LogP contribution in [0.5, 0.6) is 11.5 Å². The van der Waals surface area contributed by atoms with E-state index in [0.717, 1.165) is 0 Å². The highest BCUT2D eigenvalue weighted by Crippen LogP contribution is 2.36. The Hall–Kier alpha value is -5.19. The van der Waals surface area contributed by atoms with Gasteiger partial charge in [-0.05, 0) is 63.1 Å². The number of nitro groups is 1. The van der Waals surface area contributed by atoms with E-state index >= 15 is 0 Å². The Bertz CT molecular complexity index is 1540. The van der Waals surface area contributed by atoms with Gasteiger partial charge in [-0.3, -0.25) is 14.9 Å². The molecule has 1 unspecified atom stereocenters. The third-order valence-corrected chi connectivity index (χ3v) is 6.80. The van der Waals surface area contributed by atoms with Crippen LogP contribution in [0.1, 0.15) is 49.2 Å². The van der Waals surface area contributed by atoms with Crippen LogP contribution in [0, 0.1) is 10.1 Å². The van der Waals surface area contributed by atoms with Gasteiger partial charge in [-0.2, -0.15) is 0 Å². The molecule has 4 rings (SSSR count). The number of carbonyl (C=O) groups excluding carboxylic acids is 3. The lowest BCUT2D eigenvalue weighted by Gasteiger charge is -2.38. The molecule has 0 fully saturated rings. The van der Waals surface area contributed by atoms with E-state index in [1.54, 1.807) is 63.1 Å². The number of hydrogen-bond acceptors (Lipinski definition) is 7. The molecule has 0 spiro atoms. The molecule has 3 aromatic carbocycles. The number of para-hydroxylation sites is 1. The number of nitrogens with zero attached hydrogens (tertiary/aromatic N) is 3. The Morgan fingerprint density at radius 3 is 2.42 bits per heavy atom.